The third-order valence-corrected chi connectivity index (χ3v) is 13.4. The van der Waals surface area contributed by atoms with Gasteiger partial charge in [0, 0.05) is 103 Å². The lowest BCUT2D eigenvalue weighted by Crippen LogP contribution is -2.54. The lowest BCUT2D eigenvalue weighted by atomic mass is 9.95. The molecule has 2 aromatic carbocycles. The second-order valence-electron chi connectivity index (χ2n) is 17.3. The monoisotopic (exact) mass is 831 g/mol. The number of piperidine rings is 3. The number of nitrogens with two attached hydrogens (primary N) is 1. The number of piperazine rings is 1. The van der Waals surface area contributed by atoms with Crippen LogP contribution in [0.25, 0.3) is 0 Å². The molecular formula is C44H53N11O6. The van der Waals surface area contributed by atoms with Crippen molar-refractivity contribution >= 4 is 52.8 Å². The molecule has 6 aliphatic rings. The first-order valence-corrected chi connectivity index (χ1v) is 21.6. The largest absolute Gasteiger partial charge is 0.371 e. The van der Waals surface area contributed by atoms with E-state index in [0.29, 0.717) is 41.5 Å². The molecule has 61 heavy (non-hydrogen) atoms. The number of benzene rings is 2. The van der Waals surface area contributed by atoms with Gasteiger partial charge in [0.15, 0.2) is 0 Å². The van der Waals surface area contributed by atoms with Crippen molar-refractivity contribution < 1.29 is 28.8 Å². The molecule has 7 heterocycles. The zero-order chi connectivity index (χ0) is 42.4. The van der Waals surface area contributed by atoms with Gasteiger partial charge in [0.25, 0.3) is 17.7 Å². The van der Waals surface area contributed by atoms with Gasteiger partial charge in [0.2, 0.25) is 11.8 Å². The summed E-state index contributed by atoms with van der Waals surface area (Å²) in [6.45, 7) is 9.46. The molecule has 3 aromatic rings. The number of primary amides is 1. The van der Waals surface area contributed by atoms with Crippen LogP contribution in [0.1, 0.15) is 81.0 Å². The predicted molar refractivity (Wildman–Crippen MR) is 226 cm³/mol. The Hall–Kier alpha value is -6.10. The molecule has 1 unspecified atom stereocenters. The van der Waals surface area contributed by atoms with Gasteiger partial charge in [-0.25, -0.2) is 14.8 Å². The fourth-order valence-electron chi connectivity index (χ4n) is 9.92. The zero-order valence-corrected chi connectivity index (χ0v) is 34.6. The van der Waals surface area contributed by atoms with E-state index >= 15 is 0 Å². The molecular weight excluding hydrogens is 779 g/mol. The molecule has 6 aliphatic heterocycles. The first kappa shape index (κ1) is 40.3. The van der Waals surface area contributed by atoms with Gasteiger partial charge in [0.1, 0.15) is 17.6 Å². The van der Waals surface area contributed by atoms with Gasteiger partial charge < -0.3 is 30.2 Å². The Morgan fingerprint density at radius 1 is 0.787 bits per heavy atom. The Bertz CT molecular complexity index is 2240. The van der Waals surface area contributed by atoms with Crippen LogP contribution in [0.2, 0.25) is 0 Å². The third-order valence-electron chi connectivity index (χ3n) is 13.4. The fourth-order valence-corrected chi connectivity index (χ4v) is 9.92. The summed E-state index contributed by atoms with van der Waals surface area (Å²) < 4.78 is 0. The molecule has 3 N–H and O–H groups in total. The number of likely N-dealkylation sites (N-methyl/N-ethyl adjacent to an activating group) is 1. The minimum atomic E-state index is -0.973. The van der Waals surface area contributed by atoms with E-state index in [0.717, 1.165) is 113 Å². The molecule has 7 amide bonds. The summed E-state index contributed by atoms with van der Waals surface area (Å²) in [6.07, 6.45) is 6.21. The molecule has 320 valence electrons. The Balaban J connectivity index is 0.754. The molecule has 0 radical (unpaired) electrons. The summed E-state index contributed by atoms with van der Waals surface area (Å²) in [5.74, 6) is -1.32. The van der Waals surface area contributed by atoms with Crippen molar-refractivity contribution in [3.05, 3.63) is 76.7 Å². The number of carbonyl (C=O) groups is 6. The lowest BCUT2D eigenvalue weighted by molar-refractivity contribution is -0.136. The van der Waals surface area contributed by atoms with Crippen molar-refractivity contribution in [3.63, 3.8) is 0 Å². The maximum absolute atomic E-state index is 13.4. The number of rotatable bonds is 10. The van der Waals surface area contributed by atoms with Crippen molar-refractivity contribution in [3.8, 4) is 0 Å². The molecule has 0 aliphatic carbocycles. The van der Waals surface area contributed by atoms with Crippen molar-refractivity contribution in [2.45, 2.75) is 57.0 Å². The molecule has 0 spiro atoms. The number of nitrogens with one attached hydrogen (secondary N) is 1. The zero-order valence-electron chi connectivity index (χ0n) is 34.6. The number of imide groups is 2. The lowest BCUT2D eigenvalue weighted by Gasteiger charge is -2.40. The Morgan fingerprint density at radius 3 is 2.21 bits per heavy atom. The van der Waals surface area contributed by atoms with E-state index in [1.807, 2.05) is 18.0 Å². The van der Waals surface area contributed by atoms with Crippen molar-refractivity contribution in [2.75, 3.05) is 93.7 Å². The maximum Gasteiger partial charge on any atom is 0.320 e. The van der Waals surface area contributed by atoms with Crippen LogP contribution in [0.5, 0.6) is 0 Å². The highest BCUT2D eigenvalue weighted by Gasteiger charge is 2.45. The molecule has 17 nitrogen and oxygen atoms in total. The van der Waals surface area contributed by atoms with E-state index in [1.165, 1.54) is 0 Å². The van der Waals surface area contributed by atoms with Gasteiger partial charge >= 0.3 is 6.03 Å². The van der Waals surface area contributed by atoms with Crippen LogP contribution in [-0.2, 0) is 16.0 Å². The highest BCUT2D eigenvalue weighted by atomic mass is 16.2. The number of hydrogen-bond donors (Lipinski definition) is 2. The number of nitrogens with zero attached hydrogens (tertiary/aromatic N) is 9. The second kappa shape index (κ2) is 16.7. The van der Waals surface area contributed by atoms with Crippen LogP contribution in [0, 0.1) is 5.92 Å². The molecule has 2 atom stereocenters. The number of fused-ring (bicyclic) bond motifs is 1. The van der Waals surface area contributed by atoms with Crippen LogP contribution < -0.4 is 25.8 Å². The number of amides is 7. The molecule has 0 saturated carbocycles. The quantitative estimate of drug-likeness (QED) is 0.283. The van der Waals surface area contributed by atoms with Gasteiger partial charge in [-0.05, 0) is 73.9 Å². The second-order valence-corrected chi connectivity index (χ2v) is 17.3. The normalized spacial score (nSPS) is 23.0. The van der Waals surface area contributed by atoms with Crippen LogP contribution in [0.4, 0.5) is 22.0 Å². The summed E-state index contributed by atoms with van der Waals surface area (Å²) in [4.78, 5) is 99.2. The number of anilines is 3. The third kappa shape index (κ3) is 8.10. The van der Waals surface area contributed by atoms with Crippen LogP contribution in [-0.4, -0.2) is 156 Å². The van der Waals surface area contributed by atoms with E-state index in [-0.39, 0.29) is 30.6 Å². The van der Waals surface area contributed by atoms with E-state index in [1.54, 1.807) is 23.2 Å². The Labute approximate surface area is 354 Å². The minimum absolute atomic E-state index is 0.0710. The van der Waals surface area contributed by atoms with Crippen molar-refractivity contribution in [1.82, 2.24) is 34.9 Å². The highest BCUT2D eigenvalue weighted by Crippen LogP contribution is 2.33. The fraction of sp³-hybridized carbons (Fsp3) is 0.500. The first-order valence-electron chi connectivity index (χ1n) is 21.6. The predicted octanol–water partition coefficient (Wildman–Crippen LogP) is 1.94. The van der Waals surface area contributed by atoms with Crippen LogP contribution in [0.3, 0.4) is 0 Å². The van der Waals surface area contributed by atoms with Gasteiger partial charge in [-0.15, -0.1) is 0 Å². The van der Waals surface area contributed by atoms with E-state index in [9.17, 15) is 28.8 Å². The Kier molecular flexibility index (Phi) is 11.1. The number of aromatic nitrogens is 2. The van der Waals surface area contributed by atoms with E-state index in [4.69, 9.17) is 10.7 Å². The summed E-state index contributed by atoms with van der Waals surface area (Å²) in [5.41, 5.74) is 10.2. The molecule has 5 saturated heterocycles. The molecule has 1 aromatic heterocycles. The van der Waals surface area contributed by atoms with Crippen molar-refractivity contribution in [2.24, 2.45) is 11.7 Å². The van der Waals surface area contributed by atoms with E-state index < -0.39 is 35.6 Å². The maximum atomic E-state index is 13.4. The average molecular weight is 832 g/mol. The summed E-state index contributed by atoms with van der Waals surface area (Å²) in [5, 5.41) is 2.25. The molecule has 0 bridgehead atoms. The smallest absolute Gasteiger partial charge is 0.320 e. The highest BCUT2D eigenvalue weighted by molar-refractivity contribution is 6.23. The SMILES string of the molecule is CN1CCN([C@@H]2CCCN(c3cnc(C(N)=O)c(Cc4ccc(N5CCN(CC6CCN(c7ccc8c(c7)C(=O)N(C7CCC(=O)NC7=O)C8=O)CC6)CC5)cc4)n3)C2)C1=O. The first-order chi connectivity index (χ1) is 29.5. The van der Waals surface area contributed by atoms with Gasteiger partial charge in [0.05, 0.1) is 29.1 Å². The minimum Gasteiger partial charge on any atom is -0.371 e. The molecule has 17 heteroatoms. The number of carbonyl (C=O) groups excluding carboxylic acids is 6. The molecule has 9 rings (SSSR count). The molecule has 5 fully saturated rings. The van der Waals surface area contributed by atoms with Crippen LogP contribution >= 0.6 is 0 Å². The topological polar surface area (TPSA) is 189 Å². The standard InChI is InChI=1S/C44H53N11O6/c1-49-17-22-54(44(49)61)32-3-2-14-53(27-32)37-25-46-39(40(45)57)35(47-37)23-28-4-6-30(7-5-28)52-20-18-50(19-21-52)26-29-12-15-51(16-13-29)31-8-9-33-34(24-31)43(60)55(42(33)59)36-10-11-38(56)48-41(36)58/h4-9,24-25,29,32,36H,2-3,10-23,26-27H2,1H3,(H2,45,57)(H,48,56,58)/t32-,36?/m1/s1. The summed E-state index contributed by atoms with van der Waals surface area (Å²) in [6, 6.07) is 13.0. The van der Waals surface area contributed by atoms with Gasteiger partial charge in [-0.2, -0.15) is 0 Å². The Morgan fingerprint density at radius 2 is 1.51 bits per heavy atom. The van der Waals surface area contributed by atoms with Gasteiger partial charge in [-0.1, -0.05) is 12.1 Å². The number of urea groups is 1. The summed E-state index contributed by atoms with van der Waals surface area (Å²) in [7, 11) is 1.84. The average Bonchev–Trinajstić information content (AvgIpc) is 3.73. The van der Waals surface area contributed by atoms with Crippen LogP contribution in [0.15, 0.2) is 48.7 Å². The summed E-state index contributed by atoms with van der Waals surface area (Å²) >= 11 is 0. The number of hydrogen-bond acceptors (Lipinski definition) is 12. The van der Waals surface area contributed by atoms with Crippen molar-refractivity contribution in [1.29, 1.82) is 0 Å². The van der Waals surface area contributed by atoms with E-state index in [2.05, 4.69) is 54.2 Å². The van der Waals surface area contributed by atoms with Gasteiger partial charge in [-0.3, -0.25) is 39.1 Å².